The van der Waals surface area contributed by atoms with Gasteiger partial charge in [0.1, 0.15) is 21.7 Å². The molecule has 0 saturated heterocycles. The topological polar surface area (TPSA) is 75.8 Å². The summed E-state index contributed by atoms with van der Waals surface area (Å²) in [6, 6.07) is 1.26. The van der Waals surface area contributed by atoms with E-state index in [4.69, 9.17) is 28.5 Å². The fourth-order valence-corrected chi connectivity index (χ4v) is 4.72. The molecule has 170 valence electrons. The summed E-state index contributed by atoms with van der Waals surface area (Å²) in [6.45, 7) is 0. The molecule has 0 unspecified atom stereocenters. The van der Waals surface area contributed by atoms with Gasteiger partial charge in [0.15, 0.2) is 5.69 Å². The molecular weight excluding hydrogens is 536 g/mol. The van der Waals surface area contributed by atoms with Crippen molar-refractivity contribution in [2.45, 2.75) is 27.1 Å². The van der Waals surface area contributed by atoms with Crippen LogP contribution in [0.25, 0.3) is 5.69 Å². The average Bonchev–Trinajstić information content (AvgIpc) is 2.89. The van der Waals surface area contributed by atoms with E-state index in [-0.39, 0.29) is 16.8 Å². The molecule has 0 saturated carbocycles. The number of thioether (sulfide) groups is 1. The summed E-state index contributed by atoms with van der Waals surface area (Å²) in [5.41, 5.74) is -15.6. The van der Waals surface area contributed by atoms with Crippen LogP contribution >= 0.6 is 35.0 Å². The van der Waals surface area contributed by atoms with Gasteiger partial charge in [-0.25, -0.2) is 13.1 Å². The summed E-state index contributed by atoms with van der Waals surface area (Å²) in [5, 5.41) is 8.17. The Morgan fingerprint density at radius 3 is 1.84 bits per heavy atom. The maximum absolute atomic E-state index is 13.0. The number of halogens is 11. The minimum absolute atomic E-state index is 0.177. The molecule has 2 aromatic rings. The lowest BCUT2D eigenvalue weighted by atomic mass is 10.2. The van der Waals surface area contributed by atoms with Gasteiger partial charge in [-0.2, -0.15) is 49.9 Å². The lowest BCUT2D eigenvalue weighted by Crippen LogP contribution is -2.24. The number of hydrogen-bond acceptors (Lipinski definition) is 5. The van der Waals surface area contributed by atoms with Crippen LogP contribution in [0.4, 0.5) is 39.5 Å². The molecule has 0 aliphatic carbocycles. The summed E-state index contributed by atoms with van der Waals surface area (Å²) in [6.07, 6.45) is -5.01. The van der Waals surface area contributed by atoms with Gasteiger partial charge < -0.3 is 0 Å². The first-order valence-electron chi connectivity index (χ1n) is 6.98. The van der Waals surface area contributed by atoms with Crippen LogP contribution in [0.3, 0.4) is 0 Å². The van der Waals surface area contributed by atoms with Gasteiger partial charge in [0, 0.05) is 11.8 Å². The molecule has 1 heterocycles. The van der Waals surface area contributed by atoms with Crippen LogP contribution in [0.2, 0.25) is 10.0 Å². The standard InChI is InChI=1S/C13H2Cl2F9N3O2S2/c14-5-1-4(11(16,17)18)2-6(15)8(5)27-10(30-12(19,20)21)9(7(3-25)26-27)31(28,29)13(22,23)24/h1-2H. The Hall–Kier alpha value is -1.83. The highest BCUT2D eigenvalue weighted by atomic mass is 35.5. The van der Waals surface area contributed by atoms with Crippen LogP contribution < -0.4 is 0 Å². The Labute approximate surface area is 180 Å². The van der Waals surface area contributed by atoms with Gasteiger partial charge >= 0.3 is 17.2 Å². The highest BCUT2D eigenvalue weighted by molar-refractivity contribution is 8.01. The number of benzene rings is 1. The Morgan fingerprint density at radius 2 is 1.48 bits per heavy atom. The first-order chi connectivity index (χ1) is 13.8. The monoisotopic (exact) mass is 537 g/mol. The molecule has 18 heteroatoms. The fourth-order valence-electron chi connectivity index (χ4n) is 2.10. The third kappa shape index (κ3) is 4.99. The third-order valence-electron chi connectivity index (χ3n) is 3.25. The van der Waals surface area contributed by atoms with Crippen LogP contribution in [-0.2, 0) is 16.0 Å². The molecule has 0 aliphatic rings. The van der Waals surface area contributed by atoms with Gasteiger partial charge in [0.05, 0.1) is 15.6 Å². The molecule has 0 bridgehead atoms. The summed E-state index contributed by atoms with van der Waals surface area (Å²) in [4.78, 5) is -2.16. The molecule has 1 aromatic carbocycles. The predicted octanol–water partition coefficient (Wildman–Crippen LogP) is 5.97. The van der Waals surface area contributed by atoms with Crippen molar-refractivity contribution in [1.29, 1.82) is 5.26 Å². The predicted molar refractivity (Wildman–Crippen MR) is 88.5 cm³/mol. The second kappa shape index (κ2) is 7.94. The normalized spacial score (nSPS) is 13.4. The van der Waals surface area contributed by atoms with Crippen molar-refractivity contribution < 1.29 is 47.9 Å². The molecule has 0 atom stereocenters. The number of aromatic nitrogens is 2. The van der Waals surface area contributed by atoms with E-state index in [1.807, 2.05) is 0 Å². The minimum Gasteiger partial charge on any atom is -0.221 e. The van der Waals surface area contributed by atoms with E-state index in [0.717, 1.165) is 6.07 Å². The van der Waals surface area contributed by atoms with E-state index in [0.29, 0.717) is 0 Å². The van der Waals surface area contributed by atoms with Gasteiger partial charge in [-0.15, -0.1) is 0 Å². The zero-order chi connectivity index (χ0) is 24.2. The zero-order valence-corrected chi connectivity index (χ0v) is 16.9. The lowest BCUT2D eigenvalue weighted by molar-refractivity contribution is -0.137. The Kier molecular flexibility index (Phi) is 6.52. The van der Waals surface area contributed by atoms with Crippen molar-refractivity contribution in [2.24, 2.45) is 0 Å². The maximum atomic E-state index is 13.0. The van der Waals surface area contributed by atoms with Gasteiger partial charge in [0.2, 0.25) is 0 Å². The van der Waals surface area contributed by atoms with Gasteiger partial charge in [0.25, 0.3) is 9.84 Å². The van der Waals surface area contributed by atoms with E-state index in [2.05, 4.69) is 5.10 Å². The van der Waals surface area contributed by atoms with Crippen molar-refractivity contribution in [2.75, 3.05) is 0 Å². The molecule has 0 fully saturated rings. The van der Waals surface area contributed by atoms with Crippen LogP contribution in [0, 0.1) is 11.3 Å². The molecule has 2 rings (SSSR count). The summed E-state index contributed by atoms with van der Waals surface area (Å²) < 4.78 is 140. The number of hydrogen-bond donors (Lipinski definition) is 0. The first kappa shape index (κ1) is 25.4. The molecule has 0 N–H and O–H groups in total. The number of alkyl halides is 9. The van der Waals surface area contributed by atoms with E-state index >= 15 is 0 Å². The second-order valence-corrected chi connectivity index (χ2v) is 9.04. The summed E-state index contributed by atoms with van der Waals surface area (Å²) >= 11 is 9.86. The number of rotatable bonds is 3. The second-order valence-electron chi connectivity index (χ2n) is 5.29. The molecule has 0 aliphatic heterocycles. The molecule has 0 spiro atoms. The molecular formula is C13H2Cl2F9N3O2S2. The lowest BCUT2D eigenvalue weighted by Gasteiger charge is -2.15. The zero-order valence-electron chi connectivity index (χ0n) is 13.8. The van der Waals surface area contributed by atoms with E-state index in [1.165, 1.54) is 0 Å². The molecule has 0 radical (unpaired) electrons. The number of sulfone groups is 1. The quantitative estimate of drug-likeness (QED) is 0.356. The Bertz CT molecular complexity index is 1160. The van der Waals surface area contributed by atoms with E-state index in [1.54, 1.807) is 0 Å². The Balaban J connectivity index is 2.99. The smallest absolute Gasteiger partial charge is 0.221 e. The molecule has 0 amide bonds. The summed E-state index contributed by atoms with van der Waals surface area (Å²) in [5.74, 6) is 0. The highest BCUT2D eigenvalue weighted by Crippen LogP contribution is 2.47. The minimum atomic E-state index is -6.56. The van der Waals surface area contributed by atoms with Crippen LogP contribution in [0.1, 0.15) is 11.3 Å². The van der Waals surface area contributed by atoms with E-state index in [9.17, 15) is 47.9 Å². The van der Waals surface area contributed by atoms with Crippen molar-refractivity contribution >= 4 is 44.8 Å². The van der Waals surface area contributed by atoms with Gasteiger partial charge in [-0.3, -0.25) is 0 Å². The molecule has 1 aromatic heterocycles. The van der Waals surface area contributed by atoms with Crippen LogP contribution in [-0.4, -0.2) is 29.2 Å². The van der Waals surface area contributed by atoms with Crippen molar-refractivity contribution in [1.82, 2.24) is 9.78 Å². The van der Waals surface area contributed by atoms with E-state index < -0.39 is 75.7 Å². The third-order valence-corrected chi connectivity index (χ3v) is 6.29. The van der Waals surface area contributed by atoms with Crippen LogP contribution in [0.15, 0.2) is 22.1 Å². The first-order valence-corrected chi connectivity index (χ1v) is 10.0. The van der Waals surface area contributed by atoms with Crippen molar-refractivity contribution in [3.63, 3.8) is 0 Å². The number of nitriles is 1. The SMILES string of the molecule is N#Cc1nn(-c2c(Cl)cc(C(F)(F)F)cc2Cl)c(SC(F)(F)F)c1S(=O)(=O)C(F)(F)F. The van der Waals surface area contributed by atoms with Gasteiger partial charge in [-0.1, -0.05) is 23.2 Å². The van der Waals surface area contributed by atoms with Crippen molar-refractivity contribution in [3.05, 3.63) is 33.4 Å². The highest BCUT2D eigenvalue weighted by Gasteiger charge is 2.52. The maximum Gasteiger partial charge on any atom is 0.502 e. The summed E-state index contributed by atoms with van der Waals surface area (Å²) in [7, 11) is -6.56. The number of nitrogens with zero attached hydrogens (tertiary/aromatic N) is 3. The average molecular weight is 538 g/mol. The molecule has 5 nitrogen and oxygen atoms in total. The van der Waals surface area contributed by atoms with Crippen LogP contribution in [0.5, 0.6) is 0 Å². The van der Waals surface area contributed by atoms with Crippen molar-refractivity contribution in [3.8, 4) is 11.8 Å². The fraction of sp³-hybridized carbons (Fsp3) is 0.231. The molecule has 31 heavy (non-hydrogen) atoms. The Morgan fingerprint density at radius 1 is 1.00 bits per heavy atom. The van der Waals surface area contributed by atoms with Gasteiger partial charge in [-0.05, 0) is 12.1 Å². The largest absolute Gasteiger partial charge is 0.502 e.